The molecule has 2 heterocycles. The molecular formula is C21H20N4O. The van der Waals surface area contributed by atoms with Gasteiger partial charge in [0.2, 0.25) is 0 Å². The Balaban J connectivity index is 1.78. The molecular weight excluding hydrogens is 324 g/mol. The minimum absolute atomic E-state index is 0.198. The van der Waals surface area contributed by atoms with E-state index in [4.69, 9.17) is 0 Å². The molecule has 0 aliphatic carbocycles. The van der Waals surface area contributed by atoms with Gasteiger partial charge >= 0.3 is 0 Å². The van der Waals surface area contributed by atoms with E-state index in [1.54, 1.807) is 30.9 Å². The number of nitrogens with one attached hydrogen (secondary N) is 1. The molecule has 3 rings (SSSR count). The summed E-state index contributed by atoms with van der Waals surface area (Å²) in [5, 5.41) is 2.83. The van der Waals surface area contributed by atoms with Crippen molar-refractivity contribution >= 4 is 11.7 Å². The van der Waals surface area contributed by atoms with Gasteiger partial charge in [-0.2, -0.15) is 0 Å². The van der Waals surface area contributed by atoms with Gasteiger partial charge in [0, 0.05) is 41.8 Å². The second-order valence-electron chi connectivity index (χ2n) is 5.97. The molecule has 5 heteroatoms. The molecule has 3 aromatic rings. The first-order valence-corrected chi connectivity index (χ1v) is 8.51. The van der Waals surface area contributed by atoms with Crippen molar-refractivity contribution in [2.45, 2.75) is 26.8 Å². The minimum atomic E-state index is -0.198. The quantitative estimate of drug-likeness (QED) is 0.735. The molecule has 1 aromatic carbocycles. The zero-order valence-corrected chi connectivity index (χ0v) is 14.9. The highest BCUT2D eigenvalue weighted by atomic mass is 16.1. The molecule has 130 valence electrons. The van der Waals surface area contributed by atoms with Crippen LogP contribution in [-0.4, -0.2) is 20.4 Å². The number of hydrogen-bond acceptors (Lipinski definition) is 3. The van der Waals surface area contributed by atoms with Crippen LogP contribution in [0.1, 0.15) is 40.4 Å². The van der Waals surface area contributed by atoms with Crippen LogP contribution in [-0.2, 0) is 6.54 Å². The zero-order valence-electron chi connectivity index (χ0n) is 14.9. The number of carbonyl (C=O) groups excluding carboxylic acids is 1. The van der Waals surface area contributed by atoms with Gasteiger partial charge in [-0.1, -0.05) is 24.8 Å². The first-order valence-electron chi connectivity index (χ1n) is 8.51. The van der Waals surface area contributed by atoms with Crippen LogP contribution >= 0.6 is 0 Å². The summed E-state index contributed by atoms with van der Waals surface area (Å²) in [5.74, 6) is 6.54. The van der Waals surface area contributed by atoms with Gasteiger partial charge in [-0.15, -0.1) is 0 Å². The minimum Gasteiger partial charge on any atom is -0.335 e. The van der Waals surface area contributed by atoms with E-state index < -0.39 is 0 Å². The SMILES string of the molecule is CCCn1cnc(NC(=O)c2ccc(C)c(C#Cc3cccnc3)c2)c1. The topological polar surface area (TPSA) is 59.8 Å². The lowest BCUT2D eigenvalue weighted by atomic mass is 10.0. The van der Waals surface area contributed by atoms with Gasteiger partial charge in [-0.25, -0.2) is 4.98 Å². The molecule has 0 spiro atoms. The molecule has 2 aromatic heterocycles. The van der Waals surface area contributed by atoms with E-state index >= 15 is 0 Å². The summed E-state index contributed by atoms with van der Waals surface area (Å²) >= 11 is 0. The summed E-state index contributed by atoms with van der Waals surface area (Å²) < 4.78 is 1.95. The van der Waals surface area contributed by atoms with E-state index in [9.17, 15) is 4.79 Å². The summed E-state index contributed by atoms with van der Waals surface area (Å²) in [7, 11) is 0. The van der Waals surface area contributed by atoms with Crippen LogP contribution in [0.5, 0.6) is 0 Å². The van der Waals surface area contributed by atoms with E-state index in [1.165, 1.54) is 0 Å². The lowest BCUT2D eigenvalue weighted by Gasteiger charge is -2.05. The predicted molar refractivity (Wildman–Crippen MR) is 102 cm³/mol. The van der Waals surface area contributed by atoms with E-state index in [1.807, 2.05) is 35.9 Å². The molecule has 0 bridgehead atoms. The van der Waals surface area contributed by atoms with E-state index in [2.05, 4.69) is 34.0 Å². The maximum absolute atomic E-state index is 12.5. The largest absolute Gasteiger partial charge is 0.335 e. The molecule has 0 radical (unpaired) electrons. The average molecular weight is 344 g/mol. The number of rotatable bonds is 4. The molecule has 1 N–H and O–H groups in total. The van der Waals surface area contributed by atoms with Gasteiger partial charge in [0.15, 0.2) is 5.82 Å². The second-order valence-corrected chi connectivity index (χ2v) is 5.97. The lowest BCUT2D eigenvalue weighted by Crippen LogP contribution is -2.12. The Bertz CT molecular complexity index is 964. The van der Waals surface area contributed by atoms with Gasteiger partial charge in [0.05, 0.1) is 6.33 Å². The number of pyridine rings is 1. The molecule has 26 heavy (non-hydrogen) atoms. The molecule has 0 fully saturated rings. The lowest BCUT2D eigenvalue weighted by molar-refractivity contribution is 0.102. The van der Waals surface area contributed by atoms with Gasteiger partial charge < -0.3 is 9.88 Å². The van der Waals surface area contributed by atoms with Crippen molar-refractivity contribution in [3.05, 3.63) is 77.5 Å². The second kappa shape index (κ2) is 8.13. The van der Waals surface area contributed by atoms with Crippen molar-refractivity contribution < 1.29 is 4.79 Å². The monoisotopic (exact) mass is 344 g/mol. The zero-order chi connectivity index (χ0) is 18.4. The van der Waals surface area contributed by atoms with Crippen LogP contribution in [0.4, 0.5) is 5.82 Å². The fourth-order valence-corrected chi connectivity index (χ4v) is 2.47. The van der Waals surface area contributed by atoms with Crippen LogP contribution in [0, 0.1) is 18.8 Å². The summed E-state index contributed by atoms with van der Waals surface area (Å²) in [6.07, 6.45) is 7.99. The Morgan fingerprint density at radius 1 is 1.27 bits per heavy atom. The van der Waals surface area contributed by atoms with Gasteiger partial charge in [-0.3, -0.25) is 9.78 Å². The third-order valence-electron chi connectivity index (χ3n) is 3.86. The molecule has 0 aliphatic rings. The molecule has 0 saturated carbocycles. The van der Waals surface area contributed by atoms with Gasteiger partial charge in [-0.05, 0) is 43.2 Å². The highest BCUT2D eigenvalue weighted by Gasteiger charge is 2.09. The summed E-state index contributed by atoms with van der Waals surface area (Å²) in [5.41, 5.74) is 3.22. The highest BCUT2D eigenvalue weighted by Crippen LogP contribution is 2.13. The number of aryl methyl sites for hydroxylation is 2. The van der Waals surface area contributed by atoms with Crippen LogP contribution in [0.15, 0.2) is 55.2 Å². The maximum Gasteiger partial charge on any atom is 0.256 e. The maximum atomic E-state index is 12.5. The number of hydrogen-bond donors (Lipinski definition) is 1. The van der Waals surface area contributed by atoms with Crippen molar-refractivity contribution in [2.24, 2.45) is 0 Å². The van der Waals surface area contributed by atoms with Crippen LogP contribution in [0.3, 0.4) is 0 Å². The summed E-state index contributed by atoms with van der Waals surface area (Å²) in [6.45, 7) is 4.95. The van der Waals surface area contributed by atoms with Crippen molar-refractivity contribution in [1.29, 1.82) is 0 Å². The number of nitrogens with zero attached hydrogens (tertiary/aromatic N) is 3. The third kappa shape index (κ3) is 4.37. The molecule has 0 unspecified atom stereocenters. The molecule has 0 saturated heterocycles. The van der Waals surface area contributed by atoms with E-state index in [-0.39, 0.29) is 5.91 Å². The van der Waals surface area contributed by atoms with Gasteiger partial charge in [0.1, 0.15) is 0 Å². The Hall–Kier alpha value is -3.39. The summed E-state index contributed by atoms with van der Waals surface area (Å²) in [6, 6.07) is 9.24. The Morgan fingerprint density at radius 3 is 2.92 bits per heavy atom. The highest BCUT2D eigenvalue weighted by molar-refractivity contribution is 6.04. The average Bonchev–Trinajstić information content (AvgIpc) is 3.09. The first kappa shape index (κ1) is 17.4. The molecule has 5 nitrogen and oxygen atoms in total. The molecule has 1 amide bonds. The number of amides is 1. The van der Waals surface area contributed by atoms with Crippen LogP contribution < -0.4 is 5.32 Å². The van der Waals surface area contributed by atoms with Crippen molar-refractivity contribution in [2.75, 3.05) is 5.32 Å². The number of aromatic nitrogens is 3. The van der Waals surface area contributed by atoms with Crippen LogP contribution in [0.2, 0.25) is 0 Å². The normalized spacial score (nSPS) is 10.1. The van der Waals surface area contributed by atoms with Crippen molar-refractivity contribution in [3.8, 4) is 11.8 Å². The smallest absolute Gasteiger partial charge is 0.256 e. The third-order valence-corrected chi connectivity index (χ3v) is 3.86. The Kier molecular flexibility index (Phi) is 5.45. The van der Waals surface area contributed by atoms with E-state index in [0.29, 0.717) is 11.4 Å². The number of carbonyl (C=O) groups is 1. The fraction of sp³-hybridized carbons (Fsp3) is 0.190. The summed E-state index contributed by atoms with van der Waals surface area (Å²) in [4.78, 5) is 20.8. The Morgan fingerprint density at radius 2 is 2.15 bits per heavy atom. The number of imidazole rings is 1. The predicted octanol–water partition coefficient (Wildman–Crippen LogP) is 3.65. The molecule has 0 aliphatic heterocycles. The fourth-order valence-electron chi connectivity index (χ4n) is 2.47. The van der Waals surface area contributed by atoms with Gasteiger partial charge in [0.25, 0.3) is 5.91 Å². The molecule has 0 atom stereocenters. The van der Waals surface area contributed by atoms with E-state index in [0.717, 1.165) is 29.7 Å². The number of anilines is 1. The van der Waals surface area contributed by atoms with Crippen LogP contribution in [0.25, 0.3) is 0 Å². The first-order chi connectivity index (χ1) is 12.7. The van der Waals surface area contributed by atoms with Crippen molar-refractivity contribution in [1.82, 2.24) is 14.5 Å². The Labute approximate surface area is 153 Å². The standard InChI is InChI=1S/C21H20N4O/c1-3-11-25-14-20(23-15-25)24-21(26)19-8-6-16(2)18(12-19)9-7-17-5-4-10-22-13-17/h4-6,8,10,12-15H,3,11H2,1-2H3,(H,24,26). The number of benzene rings is 1. The van der Waals surface area contributed by atoms with Crippen molar-refractivity contribution in [3.63, 3.8) is 0 Å².